The maximum Gasteiger partial charge on any atom is 0.416 e. The third kappa shape index (κ3) is 4.72. The van der Waals surface area contributed by atoms with Crippen molar-refractivity contribution in [3.63, 3.8) is 0 Å². The van der Waals surface area contributed by atoms with Crippen LogP contribution in [0.1, 0.15) is 28.8 Å². The fraction of sp³-hybridized carbons (Fsp3) is 0.529. The molecule has 8 heteroatoms. The summed E-state index contributed by atoms with van der Waals surface area (Å²) >= 11 is 0. The van der Waals surface area contributed by atoms with Crippen LogP contribution in [0.3, 0.4) is 0 Å². The van der Waals surface area contributed by atoms with Crippen molar-refractivity contribution in [2.24, 2.45) is 0 Å². The zero-order chi connectivity index (χ0) is 18.0. The smallest absolute Gasteiger partial charge is 0.352 e. The van der Waals surface area contributed by atoms with Crippen molar-refractivity contribution in [1.29, 1.82) is 0 Å². The number of carbonyl (C=O) groups is 2. The SMILES string of the molecule is O=C(CN1CCN(C(=O)c2cccc(C(F)(F)F)c2)CC1)NC1CC1. The molecule has 1 aromatic rings. The van der Waals surface area contributed by atoms with Crippen LogP contribution in [0.4, 0.5) is 13.2 Å². The molecule has 25 heavy (non-hydrogen) atoms. The topological polar surface area (TPSA) is 52.7 Å². The van der Waals surface area contributed by atoms with Crippen LogP contribution < -0.4 is 5.32 Å². The number of nitrogens with zero attached hydrogens (tertiary/aromatic N) is 2. The summed E-state index contributed by atoms with van der Waals surface area (Å²) in [7, 11) is 0. The van der Waals surface area contributed by atoms with Gasteiger partial charge in [0.05, 0.1) is 12.1 Å². The second kappa shape index (κ2) is 7.03. The van der Waals surface area contributed by atoms with E-state index in [2.05, 4.69) is 5.32 Å². The van der Waals surface area contributed by atoms with Gasteiger partial charge in [0.1, 0.15) is 0 Å². The normalized spacial score (nSPS) is 18.9. The number of rotatable bonds is 4. The molecule has 1 saturated heterocycles. The summed E-state index contributed by atoms with van der Waals surface area (Å²) in [5.41, 5.74) is -0.788. The molecule has 2 aliphatic rings. The zero-order valence-corrected chi connectivity index (χ0v) is 13.7. The van der Waals surface area contributed by atoms with Gasteiger partial charge in [-0.3, -0.25) is 14.5 Å². The van der Waals surface area contributed by atoms with Gasteiger partial charge in [-0.1, -0.05) is 6.07 Å². The molecule has 2 fully saturated rings. The van der Waals surface area contributed by atoms with E-state index in [1.54, 1.807) is 0 Å². The van der Waals surface area contributed by atoms with Gasteiger partial charge in [-0.15, -0.1) is 0 Å². The molecular formula is C17H20F3N3O2. The van der Waals surface area contributed by atoms with Crippen LogP contribution in [0.2, 0.25) is 0 Å². The van der Waals surface area contributed by atoms with E-state index in [4.69, 9.17) is 0 Å². The summed E-state index contributed by atoms with van der Waals surface area (Å²) < 4.78 is 38.3. The quantitative estimate of drug-likeness (QED) is 0.895. The van der Waals surface area contributed by atoms with Gasteiger partial charge in [0, 0.05) is 37.8 Å². The Morgan fingerprint density at radius 1 is 1.12 bits per heavy atom. The van der Waals surface area contributed by atoms with Gasteiger partial charge in [-0.05, 0) is 31.0 Å². The minimum atomic E-state index is -4.47. The molecule has 1 aromatic carbocycles. The molecule has 3 rings (SSSR count). The van der Waals surface area contributed by atoms with E-state index in [9.17, 15) is 22.8 Å². The average Bonchev–Trinajstić information content (AvgIpc) is 3.38. The Balaban J connectivity index is 1.53. The van der Waals surface area contributed by atoms with Crippen LogP contribution >= 0.6 is 0 Å². The van der Waals surface area contributed by atoms with Crippen LogP contribution in [-0.2, 0) is 11.0 Å². The predicted molar refractivity (Wildman–Crippen MR) is 85.0 cm³/mol. The van der Waals surface area contributed by atoms with Crippen LogP contribution in [0.15, 0.2) is 24.3 Å². The molecule has 5 nitrogen and oxygen atoms in total. The molecule has 0 atom stereocenters. The molecule has 1 aliphatic heterocycles. The Hall–Kier alpha value is -2.09. The van der Waals surface area contributed by atoms with Crippen molar-refractivity contribution >= 4 is 11.8 Å². The Bertz CT molecular complexity index is 651. The van der Waals surface area contributed by atoms with Crippen LogP contribution in [0.25, 0.3) is 0 Å². The third-order valence-corrected chi connectivity index (χ3v) is 4.41. The maximum atomic E-state index is 12.8. The molecular weight excluding hydrogens is 335 g/mol. The van der Waals surface area contributed by atoms with Crippen molar-refractivity contribution in [2.75, 3.05) is 32.7 Å². The molecule has 0 aromatic heterocycles. The molecule has 1 heterocycles. The largest absolute Gasteiger partial charge is 0.416 e. The number of alkyl halides is 3. The number of hydrogen-bond acceptors (Lipinski definition) is 3. The van der Waals surface area contributed by atoms with E-state index < -0.39 is 17.6 Å². The van der Waals surface area contributed by atoms with Crippen LogP contribution in [-0.4, -0.2) is 60.4 Å². The standard InChI is InChI=1S/C17H20F3N3O2/c18-17(19,20)13-3-1-2-12(10-13)16(25)23-8-6-22(7-9-23)11-15(24)21-14-4-5-14/h1-3,10,14H,4-9,11H2,(H,21,24). The van der Waals surface area contributed by atoms with Gasteiger partial charge in [0.2, 0.25) is 5.91 Å². The van der Waals surface area contributed by atoms with Gasteiger partial charge in [-0.2, -0.15) is 13.2 Å². The highest BCUT2D eigenvalue weighted by Gasteiger charge is 2.32. The zero-order valence-electron chi connectivity index (χ0n) is 13.7. The lowest BCUT2D eigenvalue weighted by Crippen LogP contribution is -2.51. The van der Waals surface area contributed by atoms with Crippen molar-refractivity contribution in [1.82, 2.24) is 15.1 Å². The molecule has 0 spiro atoms. The third-order valence-electron chi connectivity index (χ3n) is 4.41. The van der Waals surface area contributed by atoms with Gasteiger partial charge < -0.3 is 10.2 Å². The summed E-state index contributed by atoms with van der Waals surface area (Å²) in [6.07, 6.45) is -2.40. The number of amides is 2. The van der Waals surface area contributed by atoms with Gasteiger partial charge in [0.25, 0.3) is 5.91 Å². The van der Waals surface area contributed by atoms with E-state index >= 15 is 0 Å². The minimum absolute atomic E-state index is 0.0137. The highest BCUT2D eigenvalue weighted by molar-refractivity contribution is 5.94. The lowest BCUT2D eigenvalue weighted by Gasteiger charge is -2.34. The highest BCUT2D eigenvalue weighted by Crippen LogP contribution is 2.29. The fourth-order valence-electron chi connectivity index (χ4n) is 2.82. The predicted octanol–water partition coefficient (Wildman–Crippen LogP) is 1.74. The Labute approximate surface area is 143 Å². The fourth-order valence-corrected chi connectivity index (χ4v) is 2.82. The summed E-state index contributed by atoms with van der Waals surface area (Å²) in [5, 5.41) is 2.91. The van der Waals surface area contributed by atoms with E-state index in [1.807, 2.05) is 4.90 Å². The van der Waals surface area contributed by atoms with Gasteiger partial charge in [0.15, 0.2) is 0 Å². The molecule has 2 amide bonds. The average molecular weight is 355 g/mol. The summed E-state index contributed by atoms with van der Waals surface area (Å²) in [6, 6.07) is 4.79. The number of halogens is 3. The van der Waals surface area contributed by atoms with Crippen molar-refractivity contribution < 1.29 is 22.8 Å². The summed E-state index contributed by atoms with van der Waals surface area (Å²) in [5.74, 6) is -0.423. The van der Waals surface area contributed by atoms with E-state index in [0.29, 0.717) is 38.8 Å². The first-order valence-electron chi connectivity index (χ1n) is 8.31. The number of hydrogen-bond donors (Lipinski definition) is 1. The Kier molecular flexibility index (Phi) is 4.99. The number of nitrogens with one attached hydrogen (secondary N) is 1. The molecule has 136 valence electrons. The molecule has 0 radical (unpaired) electrons. The van der Waals surface area contributed by atoms with Crippen molar-refractivity contribution in [3.8, 4) is 0 Å². The van der Waals surface area contributed by atoms with E-state index in [-0.39, 0.29) is 11.5 Å². The first-order chi connectivity index (χ1) is 11.8. The highest BCUT2D eigenvalue weighted by atomic mass is 19.4. The molecule has 0 bridgehead atoms. The molecule has 1 aliphatic carbocycles. The minimum Gasteiger partial charge on any atom is -0.352 e. The Morgan fingerprint density at radius 3 is 2.40 bits per heavy atom. The lowest BCUT2D eigenvalue weighted by atomic mass is 10.1. The number of piperazine rings is 1. The van der Waals surface area contributed by atoms with Gasteiger partial charge >= 0.3 is 6.18 Å². The second-order valence-electron chi connectivity index (χ2n) is 6.49. The van der Waals surface area contributed by atoms with E-state index in [0.717, 1.165) is 25.0 Å². The summed E-state index contributed by atoms with van der Waals surface area (Å²) in [4.78, 5) is 27.7. The molecule has 1 saturated carbocycles. The molecule has 0 unspecified atom stereocenters. The first-order valence-corrected chi connectivity index (χ1v) is 8.31. The molecule has 1 N–H and O–H groups in total. The van der Waals surface area contributed by atoms with Crippen LogP contribution in [0, 0.1) is 0 Å². The van der Waals surface area contributed by atoms with E-state index in [1.165, 1.54) is 17.0 Å². The number of benzene rings is 1. The van der Waals surface area contributed by atoms with Crippen molar-refractivity contribution in [3.05, 3.63) is 35.4 Å². The number of carbonyl (C=O) groups excluding carboxylic acids is 2. The lowest BCUT2D eigenvalue weighted by molar-refractivity contribution is -0.137. The maximum absolute atomic E-state index is 12.8. The Morgan fingerprint density at radius 2 is 1.80 bits per heavy atom. The second-order valence-corrected chi connectivity index (χ2v) is 6.49. The van der Waals surface area contributed by atoms with Crippen molar-refractivity contribution in [2.45, 2.75) is 25.1 Å². The summed E-state index contributed by atoms with van der Waals surface area (Å²) in [6.45, 7) is 2.14. The monoisotopic (exact) mass is 355 g/mol. The van der Waals surface area contributed by atoms with Gasteiger partial charge in [-0.25, -0.2) is 0 Å². The van der Waals surface area contributed by atoms with Crippen LogP contribution in [0.5, 0.6) is 0 Å². The first kappa shape index (κ1) is 17.7.